The molecule has 0 radical (unpaired) electrons. The lowest BCUT2D eigenvalue weighted by atomic mass is 10.2. The summed E-state index contributed by atoms with van der Waals surface area (Å²) in [4.78, 5) is 2.33. The maximum atomic E-state index is 5.80. The van der Waals surface area contributed by atoms with Gasteiger partial charge in [0, 0.05) is 24.8 Å². The monoisotopic (exact) mass is 221 g/mol. The minimum Gasteiger partial charge on any atom is -0.491 e. The molecule has 0 spiro atoms. The molecule has 0 aliphatic heterocycles. The summed E-state index contributed by atoms with van der Waals surface area (Å²) in [5.74, 6) is 0.999. The predicted molar refractivity (Wildman–Crippen MR) is 70.5 cm³/mol. The van der Waals surface area contributed by atoms with Gasteiger partial charge in [-0.3, -0.25) is 0 Å². The van der Waals surface area contributed by atoms with Crippen molar-refractivity contribution < 1.29 is 4.74 Å². The van der Waals surface area contributed by atoms with Crippen LogP contribution in [0.4, 0.5) is 5.69 Å². The van der Waals surface area contributed by atoms with Gasteiger partial charge in [-0.15, -0.1) is 0 Å². The van der Waals surface area contributed by atoms with E-state index < -0.39 is 0 Å². The molecule has 0 atom stereocenters. The van der Waals surface area contributed by atoms with Crippen LogP contribution in [0.5, 0.6) is 5.75 Å². The number of nitrogens with zero attached hydrogens (tertiary/aromatic N) is 1. The molecule has 0 saturated carbocycles. The molecule has 0 amide bonds. The van der Waals surface area contributed by atoms with Crippen LogP contribution in [0.1, 0.15) is 33.3 Å². The van der Waals surface area contributed by atoms with E-state index in [1.807, 2.05) is 0 Å². The fourth-order valence-electron chi connectivity index (χ4n) is 1.76. The first-order valence-corrected chi connectivity index (χ1v) is 6.10. The van der Waals surface area contributed by atoms with Crippen LogP contribution in [0.25, 0.3) is 0 Å². The summed E-state index contributed by atoms with van der Waals surface area (Å²) in [6, 6.07) is 6.43. The van der Waals surface area contributed by atoms with Gasteiger partial charge in [-0.05, 0) is 46.2 Å². The van der Waals surface area contributed by atoms with Crippen molar-refractivity contribution in [2.24, 2.45) is 0 Å². The van der Waals surface area contributed by atoms with Crippen molar-refractivity contribution in [1.82, 2.24) is 0 Å². The van der Waals surface area contributed by atoms with Crippen molar-refractivity contribution in [1.29, 1.82) is 0 Å². The minimum absolute atomic E-state index is 0.227. The van der Waals surface area contributed by atoms with Gasteiger partial charge in [-0.1, -0.05) is 6.07 Å². The van der Waals surface area contributed by atoms with E-state index >= 15 is 0 Å². The Morgan fingerprint density at radius 1 is 1.19 bits per heavy atom. The number of aryl methyl sites for hydroxylation is 1. The zero-order valence-corrected chi connectivity index (χ0v) is 11.1. The van der Waals surface area contributed by atoms with Gasteiger partial charge in [0.05, 0.1) is 6.10 Å². The third-order valence-electron chi connectivity index (χ3n) is 2.66. The molecule has 16 heavy (non-hydrogen) atoms. The molecule has 2 heteroatoms. The normalized spacial score (nSPS) is 10.6. The van der Waals surface area contributed by atoms with Crippen LogP contribution in [0.3, 0.4) is 0 Å². The Hall–Kier alpha value is -1.18. The first kappa shape index (κ1) is 12.9. The molecule has 90 valence electrons. The molecule has 0 saturated heterocycles. The Kier molecular flexibility index (Phi) is 4.66. The van der Waals surface area contributed by atoms with Gasteiger partial charge in [0.2, 0.25) is 0 Å². The summed E-state index contributed by atoms with van der Waals surface area (Å²) in [6.07, 6.45) is 0.227. The highest BCUT2D eigenvalue weighted by molar-refractivity contribution is 5.53. The highest BCUT2D eigenvalue weighted by atomic mass is 16.5. The first-order chi connectivity index (χ1) is 7.58. The molecule has 0 fully saturated rings. The van der Waals surface area contributed by atoms with E-state index in [9.17, 15) is 0 Å². The topological polar surface area (TPSA) is 12.5 Å². The standard InChI is InChI=1S/C14H23NO/c1-6-15(7-2)13-9-8-12(5)14(10-13)16-11(3)4/h8-11H,6-7H2,1-5H3. The Morgan fingerprint density at radius 3 is 2.31 bits per heavy atom. The minimum atomic E-state index is 0.227. The SMILES string of the molecule is CCN(CC)c1ccc(C)c(OC(C)C)c1. The van der Waals surface area contributed by atoms with Crippen molar-refractivity contribution in [2.75, 3.05) is 18.0 Å². The van der Waals surface area contributed by atoms with Crippen LogP contribution in [0, 0.1) is 6.92 Å². The highest BCUT2D eigenvalue weighted by Gasteiger charge is 2.07. The summed E-state index contributed by atoms with van der Waals surface area (Å²) < 4.78 is 5.80. The fourth-order valence-corrected chi connectivity index (χ4v) is 1.76. The summed E-state index contributed by atoms with van der Waals surface area (Å²) in [6.45, 7) is 12.6. The molecule has 2 nitrogen and oxygen atoms in total. The number of ether oxygens (including phenoxy) is 1. The van der Waals surface area contributed by atoms with Crippen molar-refractivity contribution in [3.8, 4) is 5.75 Å². The average Bonchev–Trinajstić information content (AvgIpc) is 2.23. The maximum Gasteiger partial charge on any atom is 0.124 e. The van der Waals surface area contributed by atoms with Crippen LogP contribution in [0.2, 0.25) is 0 Å². The fraction of sp³-hybridized carbons (Fsp3) is 0.571. The van der Waals surface area contributed by atoms with Gasteiger partial charge in [-0.25, -0.2) is 0 Å². The summed E-state index contributed by atoms with van der Waals surface area (Å²) >= 11 is 0. The van der Waals surface area contributed by atoms with E-state index in [2.05, 4.69) is 57.7 Å². The number of hydrogen-bond acceptors (Lipinski definition) is 2. The Labute approximate surface area is 99.2 Å². The molecule has 0 aromatic heterocycles. The molecule has 0 bridgehead atoms. The number of rotatable bonds is 5. The predicted octanol–water partition coefficient (Wildman–Crippen LogP) is 3.63. The summed E-state index contributed by atoms with van der Waals surface area (Å²) in [7, 11) is 0. The van der Waals surface area contributed by atoms with E-state index in [-0.39, 0.29) is 6.10 Å². The quantitative estimate of drug-likeness (QED) is 0.753. The van der Waals surface area contributed by atoms with Crippen molar-refractivity contribution >= 4 is 5.69 Å². The van der Waals surface area contributed by atoms with E-state index in [1.54, 1.807) is 0 Å². The number of hydrogen-bond donors (Lipinski definition) is 0. The molecular weight excluding hydrogens is 198 g/mol. The number of benzene rings is 1. The Balaban J connectivity index is 2.96. The van der Waals surface area contributed by atoms with Crippen molar-refractivity contribution in [3.63, 3.8) is 0 Å². The number of anilines is 1. The molecule has 0 unspecified atom stereocenters. The molecule has 1 rings (SSSR count). The second-order valence-corrected chi connectivity index (χ2v) is 4.29. The molecule has 0 heterocycles. The zero-order chi connectivity index (χ0) is 12.1. The van der Waals surface area contributed by atoms with Gasteiger partial charge in [-0.2, -0.15) is 0 Å². The van der Waals surface area contributed by atoms with Gasteiger partial charge >= 0.3 is 0 Å². The third kappa shape index (κ3) is 3.16. The molecule has 1 aromatic carbocycles. The van der Waals surface area contributed by atoms with Crippen molar-refractivity contribution in [2.45, 2.75) is 40.7 Å². The van der Waals surface area contributed by atoms with Gasteiger partial charge in [0.15, 0.2) is 0 Å². The van der Waals surface area contributed by atoms with Crippen LogP contribution in [-0.2, 0) is 0 Å². The van der Waals surface area contributed by atoms with Crippen LogP contribution in [-0.4, -0.2) is 19.2 Å². The second kappa shape index (κ2) is 5.78. The van der Waals surface area contributed by atoms with Crippen LogP contribution < -0.4 is 9.64 Å². The molecule has 0 aliphatic rings. The average molecular weight is 221 g/mol. The molecule has 0 aliphatic carbocycles. The lowest BCUT2D eigenvalue weighted by molar-refractivity contribution is 0.241. The highest BCUT2D eigenvalue weighted by Crippen LogP contribution is 2.26. The Morgan fingerprint density at radius 2 is 1.81 bits per heavy atom. The molecule has 0 N–H and O–H groups in total. The van der Waals surface area contributed by atoms with Gasteiger partial charge < -0.3 is 9.64 Å². The second-order valence-electron chi connectivity index (χ2n) is 4.29. The molecule has 1 aromatic rings. The van der Waals surface area contributed by atoms with Gasteiger partial charge in [0.1, 0.15) is 5.75 Å². The largest absolute Gasteiger partial charge is 0.491 e. The van der Waals surface area contributed by atoms with E-state index in [4.69, 9.17) is 4.74 Å². The molecular formula is C14H23NO. The smallest absolute Gasteiger partial charge is 0.124 e. The van der Waals surface area contributed by atoms with Crippen LogP contribution in [0.15, 0.2) is 18.2 Å². The van der Waals surface area contributed by atoms with Crippen LogP contribution >= 0.6 is 0 Å². The van der Waals surface area contributed by atoms with E-state index in [1.165, 1.54) is 11.3 Å². The van der Waals surface area contributed by atoms with Crippen molar-refractivity contribution in [3.05, 3.63) is 23.8 Å². The lowest BCUT2D eigenvalue weighted by Gasteiger charge is -2.23. The lowest BCUT2D eigenvalue weighted by Crippen LogP contribution is -2.21. The maximum absolute atomic E-state index is 5.80. The Bertz CT molecular complexity index is 330. The summed E-state index contributed by atoms with van der Waals surface area (Å²) in [5.41, 5.74) is 2.44. The third-order valence-corrected chi connectivity index (χ3v) is 2.66. The van der Waals surface area contributed by atoms with Gasteiger partial charge in [0.25, 0.3) is 0 Å². The zero-order valence-electron chi connectivity index (χ0n) is 11.1. The van der Waals surface area contributed by atoms with E-state index in [0.29, 0.717) is 0 Å². The van der Waals surface area contributed by atoms with E-state index in [0.717, 1.165) is 18.8 Å². The first-order valence-electron chi connectivity index (χ1n) is 6.10. The summed E-state index contributed by atoms with van der Waals surface area (Å²) in [5, 5.41) is 0.